The minimum atomic E-state index is -1.01. The molecule has 1 aromatic rings. The van der Waals surface area contributed by atoms with E-state index < -0.39 is 17.4 Å². The summed E-state index contributed by atoms with van der Waals surface area (Å²) in [6, 6.07) is 9.16. The van der Waals surface area contributed by atoms with Crippen LogP contribution in [0, 0.1) is 0 Å². The Hall–Kier alpha value is -1.53. The molecule has 5 nitrogen and oxygen atoms in total. The first kappa shape index (κ1) is 18.5. The zero-order valence-corrected chi connectivity index (χ0v) is 14.1. The van der Waals surface area contributed by atoms with Crippen LogP contribution in [0.1, 0.15) is 31.9 Å². The summed E-state index contributed by atoms with van der Waals surface area (Å²) in [7, 11) is 0. The van der Waals surface area contributed by atoms with Gasteiger partial charge in [-0.05, 0) is 37.8 Å². The fourth-order valence-electron chi connectivity index (χ4n) is 1.85. The third-order valence-corrected chi connectivity index (χ3v) is 3.94. The third kappa shape index (κ3) is 6.49. The molecule has 3 N–H and O–H groups in total. The molecule has 0 saturated carbocycles. The normalized spacial score (nSPS) is 14.7. The van der Waals surface area contributed by atoms with E-state index in [1.807, 2.05) is 43.5 Å². The van der Waals surface area contributed by atoms with E-state index in [1.54, 1.807) is 18.7 Å². The molecule has 122 valence electrons. The van der Waals surface area contributed by atoms with E-state index in [0.717, 1.165) is 11.3 Å². The molecule has 0 saturated heterocycles. The molecular weight excluding hydrogens is 300 g/mol. The summed E-state index contributed by atoms with van der Waals surface area (Å²) in [5.41, 5.74) is -0.0834. The van der Waals surface area contributed by atoms with Gasteiger partial charge < -0.3 is 15.7 Å². The van der Waals surface area contributed by atoms with Crippen molar-refractivity contribution in [3.05, 3.63) is 35.9 Å². The molecule has 2 amide bonds. The lowest BCUT2D eigenvalue weighted by molar-refractivity contribution is -0.140. The molecule has 0 aliphatic carbocycles. The Labute approximate surface area is 135 Å². The molecule has 0 fully saturated rings. The molecule has 1 aromatic carbocycles. The molecular formula is C16H24N2O3S. The lowest BCUT2D eigenvalue weighted by Gasteiger charge is -2.23. The van der Waals surface area contributed by atoms with Crippen LogP contribution in [0.5, 0.6) is 0 Å². The number of benzene rings is 1. The van der Waals surface area contributed by atoms with Crippen molar-refractivity contribution in [1.29, 1.82) is 0 Å². The number of rotatable bonds is 7. The average Bonchev–Trinajstić information content (AvgIpc) is 2.51. The van der Waals surface area contributed by atoms with Crippen LogP contribution in [0.25, 0.3) is 0 Å². The molecule has 0 aromatic heterocycles. The number of carbonyl (C=O) groups is 2. The van der Waals surface area contributed by atoms with Crippen LogP contribution in [0.15, 0.2) is 30.3 Å². The Bertz CT molecular complexity index is 491. The smallest absolute Gasteiger partial charge is 0.309 e. The molecule has 0 radical (unpaired) electrons. The summed E-state index contributed by atoms with van der Waals surface area (Å²) >= 11 is 1.62. The third-order valence-electron chi connectivity index (χ3n) is 3.33. The van der Waals surface area contributed by atoms with Gasteiger partial charge >= 0.3 is 11.8 Å². The van der Waals surface area contributed by atoms with Gasteiger partial charge in [0.15, 0.2) is 0 Å². The lowest BCUT2D eigenvalue weighted by atomic mass is 10.0. The van der Waals surface area contributed by atoms with Crippen molar-refractivity contribution in [2.45, 2.75) is 31.9 Å². The van der Waals surface area contributed by atoms with Crippen LogP contribution in [0.4, 0.5) is 0 Å². The van der Waals surface area contributed by atoms with Crippen molar-refractivity contribution >= 4 is 23.6 Å². The fourth-order valence-corrected chi connectivity index (χ4v) is 2.49. The van der Waals surface area contributed by atoms with Gasteiger partial charge in [0.05, 0.1) is 11.6 Å². The number of hydrogen-bond acceptors (Lipinski definition) is 4. The van der Waals surface area contributed by atoms with Crippen LogP contribution < -0.4 is 10.6 Å². The standard InChI is InChI=1S/C16H24N2O3S/c1-12(13-7-5-4-6-8-13)18-15(20)14(19)17-11-16(2,21)9-10-22-3/h4-8,12,21H,9-11H2,1-3H3,(H,17,19)(H,18,20)/t12-,16+/m0/s1. The van der Waals surface area contributed by atoms with Crippen molar-refractivity contribution < 1.29 is 14.7 Å². The number of thioether (sulfide) groups is 1. The minimum absolute atomic E-state index is 0.0551. The highest BCUT2D eigenvalue weighted by Gasteiger charge is 2.23. The summed E-state index contributed by atoms with van der Waals surface area (Å²) in [5.74, 6) is -0.635. The molecule has 0 bridgehead atoms. The first-order valence-corrected chi connectivity index (χ1v) is 8.60. The van der Waals surface area contributed by atoms with Crippen LogP contribution >= 0.6 is 11.8 Å². The first-order chi connectivity index (χ1) is 10.4. The Morgan fingerprint density at radius 1 is 1.27 bits per heavy atom. The summed E-state index contributed by atoms with van der Waals surface area (Å²) in [5, 5.41) is 15.2. The number of amides is 2. The lowest BCUT2D eigenvalue weighted by Crippen LogP contribution is -2.47. The highest BCUT2D eigenvalue weighted by Crippen LogP contribution is 2.12. The second-order valence-corrected chi connectivity index (χ2v) is 6.51. The van der Waals surface area contributed by atoms with Gasteiger partial charge in [-0.1, -0.05) is 30.3 Å². The maximum atomic E-state index is 11.8. The minimum Gasteiger partial charge on any atom is -0.388 e. The molecule has 0 spiro atoms. The summed E-state index contributed by atoms with van der Waals surface area (Å²) in [6.45, 7) is 3.52. The molecule has 0 aliphatic rings. The summed E-state index contributed by atoms with van der Waals surface area (Å²) in [6.07, 6.45) is 2.50. The van der Waals surface area contributed by atoms with Gasteiger partial charge in [-0.25, -0.2) is 0 Å². The number of aliphatic hydroxyl groups is 1. The quantitative estimate of drug-likeness (QED) is 0.664. The van der Waals surface area contributed by atoms with Gasteiger partial charge in [-0.15, -0.1) is 0 Å². The monoisotopic (exact) mass is 324 g/mol. The zero-order valence-electron chi connectivity index (χ0n) is 13.3. The summed E-state index contributed by atoms with van der Waals surface area (Å²) < 4.78 is 0. The van der Waals surface area contributed by atoms with Crippen LogP contribution in [0.3, 0.4) is 0 Å². The topological polar surface area (TPSA) is 78.4 Å². The molecule has 0 aliphatic heterocycles. The van der Waals surface area contributed by atoms with Crippen molar-refractivity contribution in [1.82, 2.24) is 10.6 Å². The maximum Gasteiger partial charge on any atom is 0.309 e. The van der Waals surface area contributed by atoms with E-state index in [0.29, 0.717) is 6.42 Å². The van der Waals surface area contributed by atoms with E-state index >= 15 is 0 Å². The molecule has 6 heteroatoms. The van der Waals surface area contributed by atoms with Crippen LogP contribution in [-0.4, -0.2) is 41.1 Å². The van der Waals surface area contributed by atoms with E-state index in [4.69, 9.17) is 0 Å². The average molecular weight is 324 g/mol. The van der Waals surface area contributed by atoms with Gasteiger partial charge in [0, 0.05) is 6.54 Å². The van der Waals surface area contributed by atoms with Gasteiger partial charge in [-0.3, -0.25) is 9.59 Å². The van der Waals surface area contributed by atoms with Crippen molar-refractivity contribution in [2.24, 2.45) is 0 Å². The zero-order chi connectivity index (χ0) is 16.6. The second kappa shape index (κ2) is 8.80. The Morgan fingerprint density at radius 3 is 2.50 bits per heavy atom. The van der Waals surface area contributed by atoms with Crippen LogP contribution in [0.2, 0.25) is 0 Å². The SMILES string of the molecule is CSCC[C@@](C)(O)CNC(=O)C(=O)N[C@@H](C)c1ccccc1. The predicted molar refractivity (Wildman–Crippen MR) is 89.6 cm³/mol. The molecule has 22 heavy (non-hydrogen) atoms. The Balaban J connectivity index is 2.44. The Morgan fingerprint density at radius 2 is 1.91 bits per heavy atom. The van der Waals surface area contributed by atoms with E-state index in [9.17, 15) is 14.7 Å². The van der Waals surface area contributed by atoms with Crippen molar-refractivity contribution in [2.75, 3.05) is 18.6 Å². The molecule has 0 heterocycles. The maximum absolute atomic E-state index is 11.8. The largest absolute Gasteiger partial charge is 0.388 e. The van der Waals surface area contributed by atoms with Gasteiger partial charge in [0.25, 0.3) is 0 Å². The van der Waals surface area contributed by atoms with E-state index in [1.165, 1.54) is 0 Å². The molecule has 0 unspecified atom stereocenters. The summed E-state index contributed by atoms with van der Waals surface area (Å²) in [4.78, 5) is 23.6. The predicted octanol–water partition coefficient (Wildman–Crippen LogP) is 1.48. The molecule has 2 atom stereocenters. The fraction of sp³-hybridized carbons (Fsp3) is 0.500. The molecule has 1 rings (SSSR count). The number of nitrogens with one attached hydrogen (secondary N) is 2. The van der Waals surface area contributed by atoms with Crippen molar-refractivity contribution in [3.8, 4) is 0 Å². The Kier molecular flexibility index (Phi) is 7.41. The highest BCUT2D eigenvalue weighted by molar-refractivity contribution is 7.98. The van der Waals surface area contributed by atoms with E-state index in [2.05, 4.69) is 10.6 Å². The van der Waals surface area contributed by atoms with Crippen molar-refractivity contribution in [3.63, 3.8) is 0 Å². The van der Waals surface area contributed by atoms with E-state index in [-0.39, 0.29) is 12.6 Å². The highest BCUT2D eigenvalue weighted by atomic mass is 32.2. The van der Waals surface area contributed by atoms with Gasteiger partial charge in [0.2, 0.25) is 0 Å². The first-order valence-electron chi connectivity index (χ1n) is 7.20. The van der Waals surface area contributed by atoms with Gasteiger partial charge in [0.1, 0.15) is 0 Å². The number of hydrogen-bond donors (Lipinski definition) is 3. The van der Waals surface area contributed by atoms with Crippen LogP contribution in [-0.2, 0) is 9.59 Å². The number of carbonyl (C=O) groups excluding carboxylic acids is 2. The van der Waals surface area contributed by atoms with Gasteiger partial charge in [-0.2, -0.15) is 11.8 Å². The second-order valence-electron chi connectivity index (χ2n) is 5.53.